The number of ether oxygens (including phenoxy) is 1. The summed E-state index contributed by atoms with van der Waals surface area (Å²) in [6.45, 7) is 3.58. The van der Waals surface area contributed by atoms with Crippen LogP contribution in [0, 0.1) is 6.92 Å². The zero-order valence-electron chi connectivity index (χ0n) is 11.1. The Morgan fingerprint density at radius 2 is 2.11 bits per heavy atom. The number of fused-ring (bicyclic) bond motifs is 1. The van der Waals surface area contributed by atoms with Gasteiger partial charge in [-0.3, -0.25) is 4.98 Å². The van der Waals surface area contributed by atoms with Gasteiger partial charge < -0.3 is 9.64 Å². The number of pyridine rings is 1. The van der Waals surface area contributed by atoms with Crippen molar-refractivity contribution in [3.63, 3.8) is 0 Å². The van der Waals surface area contributed by atoms with Crippen LogP contribution >= 0.6 is 0 Å². The quantitative estimate of drug-likeness (QED) is 0.751. The van der Waals surface area contributed by atoms with Gasteiger partial charge in [-0.25, -0.2) is 0 Å². The Morgan fingerprint density at radius 1 is 1.28 bits per heavy atom. The fourth-order valence-electron chi connectivity index (χ4n) is 1.72. The van der Waals surface area contributed by atoms with Crippen LogP contribution in [-0.4, -0.2) is 47.1 Å². The molecule has 18 heavy (non-hydrogen) atoms. The van der Waals surface area contributed by atoms with Gasteiger partial charge in [0.2, 0.25) is 0 Å². The van der Waals surface area contributed by atoms with Crippen molar-refractivity contribution in [1.82, 2.24) is 19.9 Å². The van der Waals surface area contributed by atoms with Crippen molar-refractivity contribution in [1.29, 1.82) is 0 Å². The molecule has 0 N–H and O–H groups in total. The SMILES string of the molecule is Cc1nc(OCCCN(C)C)nc2cnccc12. The third kappa shape index (κ3) is 3.13. The van der Waals surface area contributed by atoms with E-state index in [1.54, 1.807) is 12.4 Å². The van der Waals surface area contributed by atoms with E-state index in [1.165, 1.54) is 0 Å². The molecule has 2 aromatic heterocycles. The summed E-state index contributed by atoms with van der Waals surface area (Å²) < 4.78 is 5.57. The molecule has 2 heterocycles. The molecule has 0 aliphatic carbocycles. The lowest BCUT2D eigenvalue weighted by Crippen LogP contribution is -2.16. The maximum atomic E-state index is 5.57. The monoisotopic (exact) mass is 246 g/mol. The van der Waals surface area contributed by atoms with Crippen molar-refractivity contribution in [3.8, 4) is 6.01 Å². The maximum absolute atomic E-state index is 5.57. The van der Waals surface area contributed by atoms with E-state index in [0.717, 1.165) is 29.6 Å². The average Bonchev–Trinajstić information content (AvgIpc) is 2.35. The molecule has 0 saturated carbocycles. The average molecular weight is 246 g/mol. The number of aryl methyl sites for hydroxylation is 1. The van der Waals surface area contributed by atoms with Crippen LogP contribution in [0.25, 0.3) is 10.9 Å². The largest absolute Gasteiger partial charge is 0.463 e. The molecule has 0 aromatic carbocycles. The number of nitrogens with zero attached hydrogens (tertiary/aromatic N) is 4. The zero-order valence-corrected chi connectivity index (χ0v) is 11.1. The summed E-state index contributed by atoms with van der Waals surface area (Å²) in [4.78, 5) is 14.9. The normalized spacial score (nSPS) is 11.1. The van der Waals surface area contributed by atoms with Crippen molar-refractivity contribution in [2.24, 2.45) is 0 Å². The van der Waals surface area contributed by atoms with Gasteiger partial charge in [0.15, 0.2) is 0 Å². The highest BCUT2D eigenvalue weighted by Gasteiger charge is 2.05. The Balaban J connectivity index is 2.05. The van der Waals surface area contributed by atoms with Crippen molar-refractivity contribution >= 4 is 10.9 Å². The first-order valence-corrected chi connectivity index (χ1v) is 6.02. The van der Waals surface area contributed by atoms with Crippen LogP contribution in [0.4, 0.5) is 0 Å². The Bertz CT molecular complexity index is 527. The van der Waals surface area contributed by atoms with E-state index >= 15 is 0 Å². The molecule has 0 spiro atoms. The highest BCUT2D eigenvalue weighted by Crippen LogP contribution is 2.16. The van der Waals surface area contributed by atoms with Crippen molar-refractivity contribution in [3.05, 3.63) is 24.2 Å². The van der Waals surface area contributed by atoms with Crippen molar-refractivity contribution in [2.45, 2.75) is 13.3 Å². The smallest absolute Gasteiger partial charge is 0.317 e. The summed E-state index contributed by atoms with van der Waals surface area (Å²) in [5.41, 5.74) is 1.75. The zero-order chi connectivity index (χ0) is 13.0. The molecule has 0 radical (unpaired) electrons. The highest BCUT2D eigenvalue weighted by molar-refractivity contribution is 5.79. The molecule has 5 heteroatoms. The Hall–Kier alpha value is -1.75. The van der Waals surface area contributed by atoms with Gasteiger partial charge in [-0.15, -0.1) is 0 Å². The first-order chi connectivity index (χ1) is 8.66. The lowest BCUT2D eigenvalue weighted by atomic mass is 10.2. The Morgan fingerprint density at radius 3 is 2.89 bits per heavy atom. The van der Waals surface area contributed by atoms with Crippen molar-refractivity contribution < 1.29 is 4.74 Å². The van der Waals surface area contributed by atoms with Crippen LogP contribution in [0.2, 0.25) is 0 Å². The summed E-state index contributed by atoms with van der Waals surface area (Å²) in [6, 6.07) is 2.35. The van der Waals surface area contributed by atoms with E-state index in [-0.39, 0.29) is 0 Å². The number of hydrogen-bond acceptors (Lipinski definition) is 5. The molecule has 0 unspecified atom stereocenters. The molecule has 5 nitrogen and oxygen atoms in total. The van der Waals surface area contributed by atoms with Crippen LogP contribution in [0.5, 0.6) is 6.01 Å². The molecule has 2 aromatic rings. The van der Waals surface area contributed by atoms with E-state index < -0.39 is 0 Å². The molecule has 0 saturated heterocycles. The number of rotatable bonds is 5. The number of aromatic nitrogens is 3. The van der Waals surface area contributed by atoms with Crippen LogP contribution in [0.1, 0.15) is 12.1 Å². The van der Waals surface area contributed by atoms with Gasteiger partial charge in [0.1, 0.15) is 0 Å². The summed E-state index contributed by atoms with van der Waals surface area (Å²) in [6.07, 6.45) is 4.44. The molecule has 0 fully saturated rings. The van der Waals surface area contributed by atoms with Crippen LogP contribution in [0.15, 0.2) is 18.5 Å². The predicted molar refractivity (Wildman–Crippen MR) is 70.7 cm³/mol. The molecular weight excluding hydrogens is 228 g/mol. The van der Waals surface area contributed by atoms with E-state index in [2.05, 4.69) is 19.9 Å². The summed E-state index contributed by atoms with van der Waals surface area (Å²) in [7, 11) is 4.09. The molecule has 0 aliphatic heterocycles. The van der Waals surface area contributed by atoms with Gasteiger partial charge in [-0.1, -0.05) is 0 Å². The number of hydrogen-bond donors (Lipinski definition) is 0. The Kier molecular flexibility index (Phi) is 4.04. The van der Waals surface area contributed by atoms with Gasteiger partial charge in [-0.05, 0) is 33.5 Å². The lowest BCUT2D eigenvalue weighted by molar-refractivity contribution is 0.264. The minimum absolute atomic E-state index is 0.437. The third-order valence-electron chi connectivity index (χ3n) is 2.65. The van der Waals surface area contributed by atoms with Crippen LogP contribution in [0.3, 0.4) is 0 Å². The fraction of sp³-hybridized carbons (Fsp3) is 0.462. The molecule has 0 aliphatic rings. The van der Waals surface area contributed by atoms with Gasteiger partial charge in [0.05, 0.1) is 24.0 Å². The van der Waals surface area contributed by atoms with Gasteiger partial charge in [0.25, 0.3) is 0 Å². The lowest BCUT2D eigenvalue weighted by Gasteiger charge is -2.10. The minimum atomic E-state index is 0.437. The van der Waals surface area contributed by atoms with Crippen molar-refractivity contribution in [2.75, 3.05) is 27.2 Å². The van der Waals surface area contributed by atoms with E-state index in [9.17, 15) is 0 Å². The minimum Gasteiger partial charge on any atom is -0.463 e. The maximum Gasteiger partial charge on any atom is 0.317 e. The topological polar surface area (TPSA) is 51.1 Å². The molecule has 0 amide bonds. The summed E-state index contributed by atoms with van der Waals surface area (Å²) in [5, 5.41) is 1.02. The van der Waals surface area contributed by atoms with Gasteiger partial charge >= 0.3 is 6.01 Å². The summed E-state index contributed by atoms with van der Waals surface area (Å²) in [5.74, 6) is 0. The second-order valence-corrected chi connectivity index (χ2v) is 4.49. The van der Waals surface area contributed by atoms with Crippen LogP contribution in [-0.2, 0) is 0 Å². The van der Waals surface area contributed by atoms with E-state index in [1.807, 2.05) is 27.1 Å². The second kappa shape index (κ2) is 5.73. The first kappa shape index (κ1) is 12.7. The van der Waals surface area contributed by atoms with E-state index in [4.69, 9.17) is 4.74 Å². The summed E-state index contributed by atoms with van der Waals surface area (Å²) >= 11 is 0. The first-order valence-electron chi connectivity index (χ1n) is 6.02. The fourth-order valence-corrected chi connectivity index (χ4v) is 1.72. The molecular formula is C13H18N4O. The van der Waals surface area contributed by atoms with Gasteiger partial charge in [-0.2, -0.15) is 9.97 Å². The molecule has 0 atom stereocenters. The molecule has 2 rings (SSSR count). The highest BCUT2D eigenvalue weighted by atomic mass is 16.5. The second-order valence-electron chi connectivity index (χ2n) is 4.49. The standard InChI is InChI=1S/C13H18N4O/c1-10-11-5-6-14-9-12(11)16-13(15-10)18-8-4-7-17(2)3/h5-6,9H,4,7-8H2,1-3H3. The predicted octanol–water partition coefficient (Wildman–Crippen LogP) is 1.66. The van der Waals surface area contributed by atoms with E-state index in [0.29, 0.717) is 12.6 Å². The van der Waals surface area contributed by atoms with Gasteiger partial charge in [0, 0.05) is 18.1 Å². The Labute approximate surface area is 107 Å². The molecule has 0 bridgehead atoms. The third-order valence-corrected chi connectivity index (χ3v) is 2.65. The molecule has 96 valence electrons. The van der Waals surface area contributed by atoms with Crippen LogP contribution < -0.4 is 4.74 Å².